The summed E-state index contributed by atoms with van der Waals surface area (Å²) < 4.78 is 4.22. The Hall–Kier alpha value is -2.03. The number of halogens is 1. The molecule has 7 heteroatoms. The maximum atomic E-state index is 4.78. The lowest BCUT2D eigenvalue weighted by Crippen LogP contribution is -2.39. The van der Waals surface area contributed by atoms with E-state index in [0.717, 1.165) is 36.8 Å². The number of imidazole rings is 1. The number of guanidine groups is 1. The predicted octanol–water partition coefficient (Wildman–Crippen LogP) is 3.24. The first-order valence-electron chi connectivity index (χ1n) is 9.11. The van der Waals surface area contributed by atoms with Crippen molar-refractivity contribution in [1.82, 2.24) is 24.2 Å². The van der Waals surface area contributed by atoms with Crippen LogP contribution in [0.2, 0.25) is 0 Å². The van der Waals surface area contributed by atoms with E-state index in [1.165, 1.54) is 11.3 Å². The summed E-state index contributed by atoms with van der Waals surface area (Å²) in [5.41, 5.74) is 4.55. The molecule has 0 spiro atoms. The fraction of sp³-hybridized carbons (Fsp3) is 0.400. The number of aromatic nitrogens is 3. The van der Waals surface area contributed by atoms with Gasteiger partial charge in [-0.3, -0.25) is 4.99 Å². The highest BCUT2D eigenvalue weighted by Crippen LogP contribution is 2.10. The van der Waals surface area contributed by atoms with Gasteiger partial charge in [-0.1, -0.05) is 6.07 Å². The molecular formula is C20H29IN6. The Labute approximate surface area is 178 Å². The number of aliphatic imine (C=N–C) groups is 1. The van der Waals surface area contributed by atoms with E-state index in [9.17, 15) is 0 Å². The molecule has 0 radical (unpaired) electrons. The molecule has 0 unspecified atom stereocenters. The Morgan fingerprint density at radius 3 is 2.70 bits per heavy atom. The van der Waals surface area contributed by atoms with Crippen molar-refractivity contribution in [2.75, 3.05) is 20.1 Å². The van der Waals surface area contributed by atoms with Crippen molar-refractivity contribution >= 4 is 35.6 Å². The Morgan fingerprint density at radius 1 is 1.26 bits per heavy atom. The third kappa shape index (κ3) is 5.24. The van der Waals surface area contributed by atoms with Crippen LogP contribution in [0.3, 0.4) is 0 Å². The Bertz CT molecular complexity index is 895. The number of rotatable bonds is 6. The normalized spacial score (nSPS) is 11.5. The summed E-state index contributed by atoms with van der Waals surface area (Å²) in [5, 5.41) is 3.38. The zero-order chi connectivity index (χ0) is 18.5. The molecule has 3 aromatic heterocycles. The molecule has 0 aliphatic heterocycles. The van der Waals surface area contributed by atoms with Crippen LogP contribution in [0, 0.1) is 6.92 Å². The van der Waals surface area contributed by atoms with Crippen molar-refractivity contribution in [2.24, 2.45) is 12.0 Å². The van der Waals surface area contributed by atoms with Gasteiger partial charge in [-0.15, -0.1) is 24.0 Å². The van der Waals surface area contributed by atoms with E-state index in [1.54, 1.807) is 0 Å². The molecule has 27 heavy (non-hydrogen) atoms. The molecule has 0 aliphatic carbocycles. The van der Waals surface area contributed by atoms with Crippen LogP contribution in [-0.4, -0.2) is 44.9 Å². The standard InChI is InChI=1S/C20H28N6.HI/c1-5-21-20(25(4)15-18-9-7-12-24(18)3)22-11-10-17-14-26-13-6-8-16(2)19(26)23-17;/h6-9,12-14H,5,10-11,15H2,1-4H3,(H,21,22);1H. The van der Waals surface area contributed by atoms with Crippen molar-refractivity contribution in [3.8, 4) is 0 Å². The second-order valence-electron chi connectivity index (χ2n) is 6.61. The van der Waals surface area contributed by atoms with E-state index < -0.39 is 0 Å². The molecule has 0 saturated carbocycles. The van der Waals surface area contributed by atoms with Crippen LogP contribution in [0.5, 0.6) is 0 Å². The molecule has 6 nitrogen and oxygen atoms in total. The van der Waals surface area contributed by atoms with Crippen LogP contribution in [0.15, 0.2) is 47.8 Å². The topological polar surface area (TPSA) is 49.9 Å². The summed E-state index contributed by atoms with van der Waals surface area (Å²) in [6.07, 6.45) is 7.03. The van der Waals surface area contributed by atoms with Gasteiger partial charge in [-0.2, -0.15) is 0 Å². The van der Waals surface area contributed by atoms with E-state index in [0.29, 0.717) is 6.54 Å². The monoisotopic (exact) mass is 480 g/mol. The maximum absolute atomic E-state index is 4.78. The predicted molar refractivity (Wildman–Crippen MR) is 122 cm³/mol. The number of pyridine rings is 1. The molecule has 3 aromatic rings. The zero-order valence-electron chi connectivity index (χ0n) is 16.5. The van der Waals surface area contributed by atoms with Crippen molar-refractivity contribution < 1.29 is 0 Å². The lowest BCUT2D eigenvalue weighted by Gasteiger charge is -2.22. The number of aryl methyl sites for hydroxylation is 2. The van der Waals surface area contributed by atoms with Crippen LogP contribution in [0.4, 0.5) is 0 Å². The Balaban J connectivity index is 0.00000261. The van der Waals surface area contributed by atoms with Crippen molar-refractivity contribution in [1.29, 1.82) is 0 Å². The van der Waals surface area contributed by atoms with E-state index in [4.69, 9.17) is 9.98 Å². The highest BCUT2D eigenvalue weighted by molar-refractivity contribution is 14.0. The quantitative estimate of drug-likeness (QED) is 0.335. The smallest absolute Gasteiger partial charge is 0.194 e. The van der Waals surface area contributed by atoms with Gasteiger partial charge in [0.1, 0.15) is 5.65 Å². The fourth-order valence-corrected chi connectivity index (χ4v) is 3.05. The van der Waals surface area contributed by atoms with Crippen LogP contribution < -0.4 is 5.32 Å². The maximum Gasteiger partial charge on any atom is 0.194 e. The zero-order valence-corrected chi connectivity index (χ0v) is 18.8. The van der Waals surface area contributed by atoms with Crippen molar-refractivity contribution in [3.63, 3.8) is 0 Å². The number of nitrogens with one attached hydrogen (secondary N) is 1. The molecule has 3 rings (SSSR count). The lowest BCUT2D eigenvalue weighted by molar-refractivity contribution is 0.462. The van der Waals surface area contributed by atoms with Crippen molar-refractivity contribution in [2.45, 2.75) is 26.8 Å². The van der Waals surface area contributed by atoms with Crippen LogP contribution in [0.1, 0.15) is 23.9 Å². The first-order valence-corrected chi connectivity index (χ1v) is 9.11. The second kappa shape index (κ2) is 9.77. The minimum absolute atomic E-state index is 0. The minimum Gasteiger partial charge on any atom is -0.357 e. The SMILES string of the molecule is CCNC(=NCCc1cn2cccc(C)c2n1)N(C)Cc1cccn1C.I. The van der Waals surface area contributed by atoms with E-state index >= 15 is 0 Å². The first kappa shape index (κ1) is 21.3. The van der Waals surface area contributed by atoms with Gasteiger partial charge >= 0.3 is 0 Å². The average molecular weight is 480 g/mol. The second-order valence-corrected chi connectivity index (χ2v) is 6.61. The molecule has 0 fully saturated rings. The number of hydrogen-bond donors (Lipinski definition) is 1. The summed E-state index contributed by atoms with van der Waals surface area (Å²) >= 11 is 0. The molecule has 0 saturated heterocycles. The van der Waals surface area contributed by atoms with Gasteiger partial charge in [0.25, 0.3) is 0 Å². The third-order valence-corrected chi connectivity index (χ3v) is 4.50. The summed E-state index contributed by atoms with van der Waals surface area (Å²) in [4.78, 5) is 11.7. The molecule has 0 atom stereocenters. The summed E-state index contributed by atoms with van der Waals surface area (Å²) in [6, 6.07) is 8.34. The summed E-state index contributed by atoms with van der Waals surface area (Å²) in [6.45, 7) is 6.57. The van der Waals surface area contributed by atoms with E-state index in [-0.39, 0.29) is 24.0 Å². The largest absolute Gasteiger partial charge is 0.357 e. The fourth-order valence-electron chi connectivity index (χ4n) is 3.05. The number of hydrogen-bond acceptors (Lipinski definition) is 2. The first-order chi connectivity index (χ1) is 12.6. The number of nitrogens with zero attached hydrogens (tertiary/aromatic N) is 5. The summed E-state index contributed by atoms with van der Waals surface area (Å²) in [5.74, 6) is 0.925. The molecule has 1 N–H and O–H groups in total. The molecule has 0 amide bonds. The van der Waals surface area contributed by atoms with Gasteiger partial charge in [0.05, 0.1) is 12.2 Å². The highest BCUT2D eigenvalue weighted by atomic mass is 127. The molecule has 0 bridgehead atoms. The van der Waals surface area contributed by atoms with Gasteiger partial charge in [-0.25, -0.2) is 4.98 Å². The summed E-state index contributed by atoms with van der Waals surface area (Å²) in [7, 11) is 4.14. The van der Waals surface area contributed by atoms with Gasteiger partial charge in [0.2, 0.25) is 0 Å². The van der Waals surface area contributed by atoms with Gasteiger partial charge in [0, 0.05) is 57.9 Å². The Kier molecular flexibility index (Phi) is 7.70. The van der Waals surface area contributed by atoms with E-state index in [1.807, 2.05) is 12.3 Å². The molecule has 0 aromatic carbocycles. The molecule has 3 heterocycles. The Morgan fingerprint density at radius 2 is 2.04 bits per heavy atom. The van der Waals surface area contributed by atoms with Gasteiger partial charge in [-0.05, 0) is 37.6 Å². The number of fused-ring (bicyclic) bond motifs is 1. The average Bonchev–Trinajstić information content (AvgIpc) is 3.21. The van der Waals surface area contributed by atoms with Crippen LogP contribution in [0.25, 0.3) is 5.65 Å². The molecule has 0 aliphatic rings. The van der Waals surface area contributed by atoms with E-state index in [2.05, 4.69) is 77.7 Å². The molecule has 146 valence electrons. The lowest BCUT2D eigenvalue weighted by atomic mass is 10.3. The molecular weight excluding hydrogens is 451 g/mol. The highest BCUT2D eigenvalue weighted by Gasteiger charge is 2.09. The minimum atomic E-state index is 0. The van der Waals surface area contributed by atoms with Crippen molar-refractivity contribution in [3.05, 3.63) is 59.8 Å². The van der Waals surface area contributed by atoms with Crippen LogP contribution in [-0.2, 0) is 20.0 Å². The van der Waals surface area contributed by atoms with Gasteiger partial charge < -0.3 is 19.2 Å². The van der Waals surface area contributed by atoms with Gasteiger partial charge in [0.15, 0.2) is 5.96 Å². The third-order valence-electron chi connectivity index (χ3n) is 4.50. The van der Waals surface area contributed by atoms with Crippen LogP contribution >= 0.6 is 24.0 Å².